The van der Waals surface area contributed by atoms with Gasteiger partial charge in [0, 0.05) is 12.2 Å². The van der Waals surface area contributed by atoms with Crippen LogP contribution in [0, 0.1) is 13.1 Å². The van der Waals surface area contributed by atoms with E-state index in [-0.39, 0.29) is 11.7 Å². The van der Waals surface area contributed by atoms with Crippen molar-refractivity contribution in [3.05, 3.63) is 41.0 Å². The van der Waals surface area contributed by atoms with Crippen molar-refractivity contribution in [3.8, 4) is 0 Å². The second-order valence-electron chi connectivity index (χ2n) is 5.20. The molecule has 0 radical (unpaired) electrons. The fraction of sp³-hybridized carbons (Fsp3) is 0.471. The van der Waals surface area contributed by atoms with E-state index in [1.54, 1.807) is 12.1 Å². The minimum Gasteiger partial charge on any atom is -0.337 e. The van der Waals surface area contributed by atoms with Gasteiger partial charge in [0.15, 0.2) is 11.4 Å². The van der Waals surface area contributed by atoms with E-state index in [1.807, 2.05) is 0 Å². The van der Waals surface area contributed by atoms with Crippen LogP contribution in [0.15, 0.2) is 18.2 Å². The molecule has 0 spiro atoms. The van der Waals surface area contributed by atoms with Crippen LogP contribution >= 0.6 is 0 Å². The summed E-state index contributed by atoms with van der Waals surface area (Å²) >= 11 is 0. The summed E-state index contributed by atoms with van der Waals surface area (Å²) in [6, 6.07) is 4.43. The molecule has 1 aromatic rings. The van der Waals surface area contributed by atoms with Gasteiger partial charge in [0.25, 0.3) is 0 Å². The van der Waals surface area contributed by atoms with E-state index < -0.39 is 0 Å². The first kappa shape index (κ1) is 18.3. The van der Waals surface area contributed by atoms with E-state index >= 15 is 0 Å². The van der Waals surface area contributed by atoms with Crippen LogP contribution in [0.4, 0.5) is 21.9 Å². The predicted molar refractivity (Wildman–Crippen MR) is 92.5 cm³/mol. The van der Waals surface area contributed by atoms with Gasteiger partial charge in [0.05, 0.1) is 13.1 Å². The number of nitrogens with zero attached hydrogens (tertiary/aromatic N) is 2. The standard InChI is InChI=1S/C17H23N5O/c1-4-5-6-7-8-9-12-20-17(23)22-21-14-10-11-15(18-2)16(13-14)19-3/h10-11,13,21H,4-9,12H2,1H3,(H2,20,22,23). The maximum Gasteiger partial charge on any atom is 0.333 e. The number of unbranched alkanes of at least 4 members (excludes halogenated alkanes) is 5. The summed E-state index contributed by atoms with van der Waals surface area (Å²) in [5.41, 5.74) is 6.38. The predicted octanol–water partition coefficient (Wildman–Crippen LogP) is 4.77. The minimum absolute atomic E-state index is 0.263. The lowest BCUT2D eigenvalue weighted by Gasteiger charge is -2.10. The largest absolute Gasteiger partial charge is 0.337 e. The van der Waals surface area contributed by atoms with E-state index in [2.05, 4.69) is 32.8 Å². The number of hydrogen-bond acceptors (Lipinski definition) is 2. The molecule has 0 aromatic heterocycles. The van der Waals surface area contributed by atoms with Crippen molar-refractivity contribution in [2.45, 2.75) is 45.4 Å². The van der Waals surface area contributed by atoms with Crippen LogP contribution in [0.2, 0.25) is 0 Å². The average Bonchev–Trinajstić information content (AvgIpc) is 2.58. The van der Waals surface area contributed by atoms with Crippen LogP contribution in [-0.4, -0.2) is 12.6 Å². The Morgan fingerprint density at radius 2 is 1.74 bits per heavy atom. The molecule has 0 aliphatic rings. The lowest BCUT2D eigenvalue weighted by Crippen LogP contribution is -2.39. The topological polar surface area (TPSA) is 61.9 Å². The summed E-state index contributed by atoms with van der Waals surface area (Å²) in [7, 11) is 0. The zero-order valence-electron chi connectivity index (χ0n) is 13.5. The number of hydrazine groups is 1. The molecule has 0 heterocycles. The fourth-order valence-corrected chi connectivity index (χ4v) is 2.07. The summed E-state index contributed by atoms with van der Waals surface area (Å²) in [5, 5.41) is 2.77. The molecule has 122 valence electrons. The number of nitrogens with one attached hydrogen (secondary N) is 3. The average molecular weight is 313 g/mol. The molecule has 6 heteroatoms. The van der Waals surface area contributed by atoms with Crippen molar-refractivity contribution >= 4 is 23.1 Å². The molecule has 23 heavy (non-hydrogen) atoms. The van der Waals surface area contributed by atoms with Crippen LogP contribution in [0.5, 0.6) is 0 Å². The van der Waals surface area contributed by atoms with E-state index in [0.717, 1.165) is 12.8 Å². The van der Waals surface area contributed by atoms with Crippen molar-refractivity contribution in [1.82, 2.24) is 10.7 Å². The minimum atomic E-state index is -0.308. The van der Waals surface area contributed by atoms with Gasteiger partial charge in [-0.2, -0.15) is 0 Å². The monoisotopic (exact) mass is 313 g/mol. The Morgan fingerprint density at radius 3 is 2.43 bits per heavy atom. The molecule has 0 unspecified atom stereocenters. The van der Waals surface area contributed by atoms with Gasteiger partial charge in [-0.05, 0) is 12.5 Å². The molecule has 0 aliphatic carbocycles. The second-order valence-corrected chi connectivity index (χ2v) is 5.20. The highest BCUT2D eigenvalue weighted by atomic mass is 16.2. The number of amides is 2. The Labute approximate surface area is 137 Å². The van der Waals surface area contributed by atoms with Gasteiger partial charge in [-0.1, -0.05) is 51.2 Å². The Balaban J connectivity index is 2.24. The van der Waals surface area contributed by atoms with Gasteiger partial charge in [0.2, 0.25) is 0 Å². The molecule has 0 fully saturated rings. The van der Waals surface area contributed by atoms with Crippen molar-refractivity contribution in [2.75, 3.05) is 12.0 Å². The third-order valence-corrected chi connectivity index (χ3v) is 3.35. The molecular weight excluding hydrogens is 290 g/mol. The first-order valence-electron chi connectivity index (χ1n) is 7.90. The molecule has 3 N–H and O–H groups in total. The molecular formula is C17H23N5O. The molecule has 1 rings (SSSR count). The Kier molecular flexibility index (Phi) is 8.70. The number of carbonyl (C=O) groups is 1. The van der Waals surface area contributed by atoms with Gasteiger partial charge in [-0.3, -0.25) is 20.5 Å². The van der Waals surface area contributed by atoms with E-state index in [4.69, 9.17) is 13.1 Å². The van der Waals surface area contributed by atoms with Crippen LogP contribution < -0.4 is 16.2 Å². The van der Waals surface area contributed by atoms with Gasteiger partial charge >= 0.3 is 6.03 Å². The molecule has 0 atom stereocenters. The number of benzene rings is 1. The Bertz CT molecular complexity index is 586. The normalized spacial score (nSPS) is 9.52. The number of carbonyl (C=O) groups excluding carboxylic acids is 1. The SMILES string of the molecule is [C-]#[N+]c1ccc(NNC(=O)NCCCCCCCC)cc1[N+]#[C-]. The summed E-state index contributed by atoms with van der Waals surface area (Å²) in [4.78, 5) is 18.2. The summed E-state index contributed by atoms with van der Waals surface area (Å²) in [6.07, 6.45) is 7.07. The molecule has 2 amide bonds. The first-order chi connectivity index (χ1) is 11.2. The fourth-order valence-electron chi connectivity index (χ4n) is 2.07. The highest BCUT2D eigenvalue weighted by Gasteiger charge is 2.04. The highest BCUT2D eigenvalue weighted by molar-refractivity contribution is 5.78. The second kappa shape index (κ2) is 10.9. The van der Waals surface area contributed by atoms with Crippen molar-refractivity contribution < 1.29 is 4.79 Å². The van der Waals surface area contributed by atoms with Crippen molar-refractivity contribution in [2.24, 2.45) is 0 Å². The van der Waals surface area contributed by atoms with Gasteiger partial charge in [-0.25, -0.2) is 4.79 Å². The number of urea groups is 1. The quantitative estimate of drug-likeness (QED) is 0.349. The van der Waals surface area contributed by atoms with Gasteiger partial charge in [-0.15, -0.1) is 0 Å². The first-order valence-corrected chi connectivity index (χ1v) is 7.90. The summed E-state index contributed by atoms with van der Waals surface area (Å²) < 4.78 is 0. The third-order valence-electron chi connectivity index (χ3n) is 3.35. The molecule has 0 saturated carbocycles. The zero-order chi connectivity index (χ0) is 16.9. The van der Waals surface area contributed by atoms with Crippen molar-refractivity contribution in [1.29, 1.82) is 0 Å². The van der Waals surface area contributed by atoms with E-state index in [1.165, 1.54) is 31.7 Å². The zero-order valence-corrected chi connectivity index (χ0v) is 13.5. The summed E-state index contributed by atoms with van der Waals surface area (Å²) in [6.45, 7) is 16.8. The number of hydrogen-bond donors (Lipinski definition) is 3. The van der Waals surface area contributed by atoms with Crippen LogP contribution in [-0.2, 0) is 0 Å². The Morgan fingerprint density at radius 1 is 1.04 bits per heavy atom. The van der Waals surface area contributed by atoms with E-state index in [0.29, 0.717) is 17.9 Å². The lowest BCUT2D eigenvalue weighted by molar-refractivity contribution is 0.242. The van der Waals surface area contributed by atoms with Crippen LogP contribution in [0.3, 0.4) is 0 Å². The van der Waals surface area contributed by atoms with Crippen LogP contribution in [0.1, 0.15) is 45.4 Å². The lowest BCUT2D eigenvalue weighted by atomic mass is 10.1. The van der Waals surface area contributed by atoms with Gasteiger partial charge < -0.3 is 5.32 Å². The number of anilines is 1. The smallest absolute Gasteiger partial charge is 0.333 e. The maximum atomic E-state index is 11.6. The molecule has 0 saturated heterocycles. The maximum absolute atomic E-state index is 11.6. The van der Waals surface area contributed by atoms with Crippen LogP contribution in [0.25, 0.3) is 9.69 Å². The molecule has 6 nitrogen and oxygen atoms in total. The molecule has 0 aliphatic heterocycles. The van der Waals surface area contributed by atoms with E-state index in [9.17, 15) is 4.79 Å². The van der Waals surface area contributed by atoms with Gasteiger partial charge in [0.1, 0.15) is 0 Å². The highest BCUT2D eigenvalue weighted by Crippen LogP contribution is 2.30. The summed E-state index contributed by atoms with van der Waals surface area (Å²) in [5.74, 6) is 0. The molecule has 1 aromatic carbocycles. The van der Waals surface area contributed by atoms with Crippen molar-refractivity contribution in [3.63, 3.8) is 0 Å². The third kappa shape index (κ3) is 7.19. The Hall–Kier alpha value is -2.73. The number of rotatable bonds is 9. The molecule has 0 bridgehead atoms.